The molecule has 34 nitrogen and oxygen atoms in total. The summed E-state index contributed by atoms with van der Waals surface area (Å²) in [6.45, 7) is 11.1. The number of hydrogen-bond acceptors (Lipinski definition) is 26. The number of hydrogen-bond donors (Lipinski definition) is 11. The molecule has 0 bridgehead atoms. The minimum atomic E-state index is -0.381. The number of piperazine rings is 1. The van der Waals surface area contributed by atoms with Gasteiger partial charge in [-0.15, -0.1) is 0 Å². The Hall–Kier alpha value is -11.8. The van der Waals surface area contributed by atoms with Gasteiger partial charge >= 0.3 is 35.1 Å². The first kappa shape index (κ1) is 74.9. The number of benzene rings is 4. The number of aromatic nitrogens is 13. The molecule has 0 aliphatic carbocycles. The first-order chi connectivity index (χ1) is 50.4. The molecule has 34 heteroatoms. The number of imidazole rings is 3. The van der Waals surface area contributed by atoms with E-state index in [4.69, 9.17) is 57.1 Å². The predicted octanol–water partition coefficient (Wildman–Crippen LogP) is 2.17. The number of carbonyl (C=O) groups is 2. The Morgan fingerprint density at radius 1 is 0.462 bits per heavy atom. The Bertz CT molecular complexity index is 4820. The average molecular weight is 1430 g/mol. The molecule has 11 aromatic rings. The summed E-state index contributed by atoms with van der Waals surface area (Å²) < 4.78 is 35.7. The van der Waals surface area contributed by atoms with Crippen LogP contribution >= 0.6 is 0 Å². The van der Waals surface area contributed by atoms with Crippen molar-refractivity contribution in [2.24, 2.45) is 0 Å². The number of rotatable bonds is 31. The van der Waals surface area contributed by atoms with Crippen LogP contribution in [0.15, 0.2) is 130 Å². The van der Waals surface area contributed by atoms with Crippen molar-refractivity contribution in [2.75, 3.05) is 149 Å². The molecule has 0 spiro atoms. The molecule has 0 saturated carbocycles. The third kappa shape index (κ3) is 20.7. The topological polar surface area (TPSA) is 466 Å². The lowest BCUT2D eigenvalue weighted by atomic mass is 10.1. The summed E-state index contributed by atoms with van der Waals surface area (Å²) >= 11 is 0. The first-order valence-electron chi connectivity index (χ1n) is 33.5. The molecule has 1 fully saturated rings. The van der Waals surface area contributed by atoms with Gasteiger partial charge in [0.25, 0.3) is 11.8 Å². The van der Waals surface area contributed by atoms with Gasteiger partial charge in [-0.3, -0.25) is 28.2 Å². The van der Waals surface area contributed by atoms with Crippen LogP contribution < -0.4 is 75.9 Å². The average Bonchev–Trinajstić information content (AvgIpc) is 1.65. The molecule has 1 aliphatic rings. The Labute approximate surface area is 596 Å². The molecular weight excluding hydrogens is 1340 g/mol. The highest BCUT2D eigenvalue weighted by molar-refractivity contribution is 5.95. The Morgan fingerprint density at radius 3 is 1.25 bits per heavy atom. The second-order valence-electron chi connectivity index (χ2n) is 24.2. The smallest absolute Gasteiger partial charge is 0.328 e. The van der Waals surface area contributed by atoms with Crippen LogP contribution in [0.25, 0.3) is 33.5 Å². The number of ether oxygens (including phenoxy) is 6. The van der Waals surface area contributed by atoms with Crippen LogP contribution in [0.4, 0.5) is 29.0 Å². The first-order valence-corrected chi connectivity index (χ1v) is 33.5. The van der Waals surface area contributed by atoms with Crippen LogP contribution in [0.1, 0.15) is 54.1 Å². The van der Waals surface area contributed by atoms with E-state index in [0.717, 1.165) is 73.6 Å². The van der Waals surface area contributed by atoms with E-state index in [-0.39, 0.29) is 90.7 Å². The Balaban J connectivity index is 0.000000167. The summed E-state index contributed by atoms with van der Waals surface area (Å²) in [6.07, 6.45) is 2.98. The van der Waals surface area contributed by atoms with Gasteiger partial charge in [-0.1, -0.05) is 60.7 Å². The quantitative estimate of drug-likeness (QED) is 0.0219. The van der Waals surface area contributed by atoms with E-state index < -0.39 is 0 Å². The van der Waals surface area contributed by atoms with Gasteiger partial charge < -0.3 is 92.9 Å². The number of nitrogens with zero attached hydrogens (tertiary/aromatic N) is 12. The number of methoxy groups -OCH3 is 3. The molecule has 104 heavy (non-hydrogen) atoms. The minimum absolute atomic E-state index is 0.0567. The van der Waals surface area contributed by atoms with Crippen molar-refractivity contribution in [1.29, 1.82) is 0 Å². The largest absolute Gasteiger partial charge is 0.461 e. The third-order valence-corrected chi connectivity index (χ3v) is 16.7. The molecule has 4 aromatic carbocycles. The van der Waals surface area contributed by atoms with Crippen LogP contribution in [0, 0.1) is 0 Å². The second-order valence-corrected chi connectivity index (χ2v) is 24.2. The Morgan fingerprint density at radius 2 is 0.846 bits per heavy atom. The second kappa shape index (κ2) is 36.7. The van der Waals surface area contributed by atoms with E-state index in [1.165, 1.54) is 14.7 Å². The standard InChI is InChI=1S/C24H27N7O4.C23H26N8O4.C23H34N8O3/c1-34-12-13-35-23-29-20(26)19-21(30-23)31(24(33)28-19)14-16-2-6-17(7-3-16)22(32)27-11-10-15-4-8-18(25)9-5-15;1-34-10-11-35-22-29-19(25)18-20(30-22)31(23(33)28-18)13-15-2-4-16(5-3-15)21(32)27-9-7-14-6-8-26-17(24)12-14;1-29-9-11-30(12-10-29)8-7-25-15-17-3-5-18(6-4-17)16-31-21-19(26-23(31)32)20(24)27-22(28-21)34-14-13-33-2/h2-9H,10-14,25H2,1H3,(H,27,32)(H,28,33)(H2,26,29,30);2-6,8,12H,7,9-11,13H2,1H3,(H2,24,26)(H,27,32)(H,28,33)(H2,25,29,30);3-6,25H,7-16H2,1-2H3,(H,26,32)(H2,24,27,28). The molecule has 2 amide bonds. The van der Waals surface area contributed by atoms with Crippen LogP contribution in [-0.4, -0.2) is 206 Å². The van der Waals surface area contributed by atoms with Gasteiger partial charge in [0.2, 0.25) is 0 Å². The maximum atomic E-state index is 12.6. The third-order valence-electron chi connectivity index (χ3n) is 16.7. The summed E-state index contributed by atoms with van der Waals surface area (Å²) in [5, 5.41) is 9.32. The van der Waals surface area contributed by atoms with Crippen LogP contribution in [0.3, 0.4) is 0 Å². The number of fused-ring (bicyclic) bond motifs is 3. The van der Waals surface area contributed by atoms with Gasteiger partial charge in [0.05, 0.1) is 39.5 Å². The van der Waals surface area contributed by atoms with Gasteiger partial charge in [-0.2, -0.15) is 29.9 Å². The van der Waals surface area contributed by atoms with Crippen molar-refractivity contribution in [3.8, 4) is 18.0 Å². The van der Waals surface area contributed by atoms with Gasteiger partial charge in [0, 0.05) is 103 Å². The highest BCUT2D eigenvalue weighted by Crippen LogP contribution is 2.23. The van der Waals surface area contributed by atoms with Crippen LogP contribution in [0.2, 0.25) is 0 Å². The molecule has 12 rings (SSSR count). The van der Waals surface area contributed by atoms with Crippen molar-refractivity contribution >= 4 is 74.3 Å². The van der Waals surface area contributed by atoms with Crippen molar-refractivity contribution in [3.63, 3.8) is 0 Å². The number of anilines is 5. The zero-order chi connectivity index (χ0) is 73.5. The fourth-order valence-electron chi connectivity index (χ4n) is 10.9. The summed E-state index contributed by atoms with van der Waals surface area (Å²) in [6, 6.07) is 33.7. The molecular formula is C70H87N23O11. The monoisotopic (exact) mass is 1430 g/mol. The molecule has 0 radical (unpaired) electrons. The van der Waals surface area contributed by atoms with Crippen LogP contribution in [0.5, 0.6) is 18.0 Å². The maximum Gasteiger partial charge on any atom is 0.328 e. The lowest BCUT2D eigenvalue weighted by Crippen LogP contribution is -2.46. The number of nitrogens with two attached hydrogens (primary N) is 5. The number of amides is 2. The molecule has 8 heterocycles. The molecule has 0 unspecified atom stereocenters. The highest BCUT2D eigenvalue weighted by atomic mass is 16.5. The van der Waals surface area contributed by atoms with E-state index in [9.17, 15) is 24.0 Å². The van der Waals surface area contributed by atoms with Crippen molar-refractivity contribution in [2.45, 2.75) is 39.0 Å². The normalized spacial score (nSPS) is 12.4. The summed E-state index contributed by atoms with van der Waals surface area (Å²) in [5.74, 6) is 0.480. The molecule has 16 N–H and O–H groups in total. The summed E-state index contributed by atoms with van der Waals surface area (Å²) in [4.78, 5) is 105. The van der Waals surface area contributed by atoms with E-state index in [1.54, 1.807) is 86.7 Å². The van der Waals surface area contributed by atoms with E-state index in [1.807, 2.05) is 42.5 Å². The lowest BCUT2D eigenvalue weighted by molar-refractivity contribution is 0.0946. The Kier molecular flexibility index (Phi) is 26.4. The highest BCUT2D eigenvalue weighted by Gasteiger charge is 2.20. The number of nitrogens with one attached hydrogen (secondary N) is 6. The molecule has 548 valence electrons. The summed E-state index contributed by atoms with van der Waals surface area (Å²) in [5.41, 5.74) is 38.1. The van der Waals surface area contributed by atoms with Crippen molar-refractivity contribution in [3.05, 3.63) is 191 Å². The van der Waals surface area contributed by atoms with Crippen LogP contribution in [-0.2, 0) is 53.2 Å². The van der Waals surface area contributed by atoms with Gasteiger partial charge in [-0.25, -0.2) is 19.4 Å². The summed E-state index contributed by atoms with van der Waals surface area (Å²) in [7, 11) is 6.87. The van der Waals surface area contributed by atoms with Crippen molar-refractivity contribution < 1.29 is 38.0 Å². The number of aromatic amines is 3. The molecule has 7 aromatic heterocycles. The van der Waals surface area contributed by atoms with Crippen molar-refractivity contribution in [1.82, 2.24) is 89.3 Å². The minimum Gasteiger partial charge on any atom is -0.461 e. The number of nitrogen functional groups attached to an aromatic ring is 5. The van der Waals surface area contributed by atoms with Gasteiger partial charge in [0.1, 0.15) is 42.2 Å². The number of H-pyrrole nitrogens is 3. The fraction of sp³-hybridized carbons (Fsp3) is 0.343. The number of likely N-dealkylation sites (N-methyl/N-ethyl adjacent to an activating group) is 1. The lowest BCUT2D eigenvalue weighted by Gasteiger charge is -2.32. The molecule has 1 aliphatic heterocycles. The van der Waals surface area contributed by atoms with E-state index >= 15 is 0 Å². The number of carbonyl (C=O) groups excluding carboxylic acids is 2. The fourth-order valence-corrected chi connectivity index (χ4v) is 10.9. The van der Waals surface area contributed by atoms with Gasteiger partial charge in [-0.05, 0) is 102 Å². The number of pyridine rings is 1. The zero-order valence-electron chi connectivity index (χ0n) is 58.4. The maximum absolute atomic E-state index is 12.6. The van der Waals surface area contributed by atoms with E-state index in [2.05, 4.69) is 94.8 Å². The van der Waals surface area contributed by atoms with Gasteiger partial charge in [0.15, 0.2) is 34.4 Å². The zero-order valence-corrected chi connectivity index (χ0v) is 58.4. The van der Waals surface area contributed by atoms with E-state index in [0.29, 0.717) is 115 Å². The molecule has 1 saturated heterocycles. The predicted molar refractivity (Wildman–Crippen MR) is 394 cm³/mol. The SMILES string of the molecule is COCCOc1nc(N)c2[nH]c(=O)n(Cc3ccc(C(=O)NCCc4ccc(N)cc4)cc3)c2n1.COCCOc1nc(N)c2[nH]c(=O)n(Cc3ccc(C(=O)NCCc4ccnc(N)c4)cc3)c2n1.COCCOc1nc(N)c2[nH]c(=O)n(Cc3ccc(CNCCN4CCN(C)CC4)cc3)c2n1. The molecule has 0 atom stereocenters.